The number of rotatable bonds is 3. The van der Waals surface area contributed by atoms with E-state index in [1.807, 2.05) is 6.07 Å². The van der Waals surface area contributed by atoms with E-state index in [1.54, 1.807) is 47.1 Å². The topological polar surface area (TPSA) is 84.7 Å². The van der Waals surface area contributed by atoms with E-state index >= 15 is 0 Å². The minimum atomic E-state index is -3.77. The van der Waals surface area contributed by atoms with Crippen LogP contribution in [0.3, 0.4) is 0 Å². The third-order valence-electron chi connectivity index (χ3n) is 5.88. The lowest BCUT2D eigenvalue weighted by Gasteiger charge is -2.31. The van der Waals surface area contributed by atoms with Crippen LogP contribution in [0.2, 0.25) is 0 Å². The summed E-state index contributed by atoms with van der Waals surface area (Å²) in [5, 5.41) is 4.18. The molecule has 142 valence electrons. The molecule has 4 heterocycles. The Morgan fingerprint density at radius 2 is 2.15 bits per heavy atom. The third-order valence-corrected chi connectivity index (χ3v) is 7.93. The van der Waals surface area contributed by atoms with Crippen LogP contribution in [0.25, 0.3) is 5.69 Å². The molecule has 0 saturated carbocycles. The van der Waals surface area contributed by atoms with Crippen molar-refractivity contribution in [2.75, 3.05) is 19.7 Å². The lowest BCUT2D eigenvalue weighted by Crippen LogP contribution is -2.48. The Kier molecular flexibility index (Phi) is 3.53. The highest BCUT2D eigenvalue weighted by Gasteiger charge is 2.64. The largest absolute Gasteiger partial charge is 0.352 e. The predicted molar refractivity (Wildman–Crippen MR) is 95.6 cm³/mol. The van der Waals surface area contributed by atoms with Gasteiger partial charge in [-0.25, -0.2) is 13.1 Å². The average Bonchev–Trinajstić information content (AvgIpc) is 3.39. The Morgan fingerprint density at radius 1 is 1.30 bits per heavy atom. The number of ether oxygens (including phenoxy) is 1. The molecule has 1 aromatic heterocycles. The lowest BCUT2D eigenvalue weighted by molar-refractivity contribution is -0.136. The molecule has 2 aromatic rings. The van der Waals surface area contributed by atoms with Gasteiger partial charge in [0.2, 0.25) is 15.9 Å². The van der Waals surface area contributed by atoms with Crippen LogP contribution in [0.15, 0.2) is 41.6 Å². The van der Waals surface area contributed by atoms with Gasteiger partial charge in [-0.2, -0.15) is 9.40 Å². The molecule has 1 spiro atoms. The van der Waals surface area contributed by atoms with Gasteiger partial charge in [0.1, 0.15) is 0 Å². The molecule has 5 rings (SSSR count). The fourth-order valence-corrected chi connectivity index (χ4v) is 6.50. The standard InChI is InChI=1S/C18H20N4O4S/c1-13-3-4-14(21-7-2-6-19-21)11-15(13)27(24,25)22-8-5-18-16(22)12-17(23)20(18)9-10-26-18/h2-4,6-7,11,16H,5,8-10,12H2,1H3/t16-,18+/m1/s1. The minimum absolute atomic E-state index is 0.0283. The van der Waals surface area contributed by atoms with E-state index in [0.29, 0.717) is 37.4 Å². The van der Waals surface area contributed by atoms with Crippen LogP contribution in [0.4, 0.5) is 0 Å². The van der Waals surface area contributed by atoms with Crippen LogP contribution in [0.5, 0.6) is 0 Å². The van der Waals surface area contributed by atoms with Gasteiger partial charge >= 0.3 is 0 Å². The van der Waals surface area contributed by atoms with E-state index in [2.05, 4.69) is 5.10 Å². The second-order valence-electron chi connectivity index (χ2n) is 7.22. The number of carbonyl (C=O) groups is 1. The number of aromatic nitrogens is 2. The molecule has 1 aromatic carbocycles. The third kappa shape index (κ3) is 2.25. The maximum Gasteiger partial charge on any atom is 0.243 e. The number of amides is 1. The van der Waals surface area contributed by atoms with Crippen LogP contribution < -0.4 is 0 Å². The van der Waals surface area contributed by atoms with E-state index in [0.717, 1.165) is 0 Å². The SMILES string of the molecule is Cc1ccc(-n2cccn2)cc1S(=O)(=O)N1CC[C@@]23OCCN2C(=O)C[C@@H]13. The molecular weight excluding hydrogens is 368 g/mol. The second-order valence-corrected chi connectivity index (χ2v) is 9.08. The molecule has 3 aliphatic rings. The maximum absolute atomic E-state index is 13.5. The molecule has 3 aliphatic heterocycles. The van der Waals surface area contributed by atoms with Crippen LogP contribution in [0.1, 0.15) is 18.4 Å². The monoisotopic (exact) mass is 388 g/mol. The molecule has 0 bridgehead atoms. The summed E-state index contributed by atoms with van der Waals surface area (Å²) in [7, 11) is -3.77. The summed E-state index contributed by atoms with van der Waals surface area (Å²) in [5.74, 6) is -0.0283. The van der Waals surface area contributed by atoms with Gasteiger partial charge in [0.15, 0.2) is 5.72 Å². The number of hydrogen-bond acceptors (Lipinski definition) is 5. The van der Waals surface area contributed by atoms with E-state index in [-0.39, 0.29) is 17.2 Å². The van der Waals surface area contributed by atoms with Gasteiger partial charge in [0.05, 0.1) is 23.2 Å². The van der Waals surface area contributed by atoms with Gasteiger partial charge in [-0.05, 0) is 30.7 Å². The first-order valence-corrected chi connectivity index (χ1v) is 10.4. The van der Waals surface area contributed by atoms with Gasteiger partial charge in [0, 0.05) is 38.3 Å². The predicted octanol–water partition coefficient (Wildman–Crippen LogP) is 0.903. The summed E-state index contributed by atoms with van der Waals surface area (Å²) < 4.78 is 36.1. The quantitative estimate of drug-likeness (QED) is 0.780. The summed E-state index contributed by atoms with van der Waals surface area (Å²) in [6, 6.07) is 6.59. The Hall–Kier alpha value is -2.23. The number of aryl methyl sites for hydroxylation is 1. The zero-order valence-corrected chi connectivity index (χ0v) is 15.7. The van der Waals surface area contributed by atoms with Crippen molar-refractivity contribution in [3.05, 3.63) is 42.2 Å². The molecule has 1 amide bonds. The smallest absolute Gasteiger partial charge is 0.243 e. The lowest BCUT2D eigenvalue weighted by atomic mass is 10.1. The molecule has 8 nitrogen and oxygen atoms in total. The summed E-state index contributed by atoms with van der Waals surface area (Å²) >= 11 is 0. The molecule has 3 saturated heterocycles. The normalized spacial score (nSPS) is 28.0. The number of benzene rings is 1. The van der Waals surface area contributed by atoms with Gasteiger partial charge in [-0.1, -0.05) is 6.07 Å². The van der Waals surface area contributed by atoms with Crippen LogP contribution in [0, 0.1) is 6.92 Å². The first-order chi connectivity index (χ1) is 12.9. The van der Waals surface area contributed by atoms with Gasteiger partial charge in [-0.15, -0.1) is 0 Å². The van der Waals surface area contributed by atoms with Crippen molar-refractivity contribution in [2.24, 2.45) is 0 Å². The number of nitrogens with zero attached hydrogens (tertiary/aromatic N) is 4. The average molecular weight is 388 g/mol. The molecule has 0 aliphatic carbocycles. The summed E-state index contributed by atoms with van der Waals surface area (Å²) in [6.45, 7) is 3.13. The van der Waals surface area contributed by atoms with Crippen molar-refractivity contribution in [2.45, 2.75) is 36.4 Å². The van der Waals surface area contributed by atoms with Crippen molar-refractivity contribution in [1.29, 1.82) is 0 Å². The first kappa shape index (κ1) is 16.9. The van der Waals surface area contributed by atoms with E-state index in [1.165, 1.54) is 4.31 Å². The molecule has 0 unspecified atom stereocenters. The van der Waals surface area contributed by atoms with Crippen molar-refractivity contribution in [1.82, 2.24) is 19.0 Å². The van der Waals surface area contributed by atoms with Crippen LogP contribution >= 0.6 is 0 Å². The Morgan fingerprint density at radius 3 is 2.93 bits per heavy atom. The molecule has 27 heavy (non-hydrogen) atoms. The zero-order chi connectivity index (χ0) is 18.8. The van der Waals surface area contributed by atoms with Crippen LogP contribution in [-0.2, 0) is 19.6 Å². The molecule has 9 heteroatoms. The van der Waals surface area contributed by atoms with Crippen molar-refractivity contribution >= 4 is 15.9 Å². The Bertz CT molecular complexity index is 1020. The minimum Gasteiger partial charge on any atom is -0.352 e. The Labute approximate surface area is 157 Å². The second kappa shape index (κ2) is 5.63. The van der Waals surface area contributed by atoms with E-state index in [9.17, 15) is 13.2 Å². The van der Waals surface area contributed by atoms with Crippen molar-refractivity contribution in [3.8, 4) is 5.69 Å². The zero-order valence-electron chi connectivity index (χ0n) is 14.9. The molecule has 3 fully saturated rings. The number of hydrogen-bond donors (Lipinski definition) is 0. The molecule has 0 radical (unpaired) electrons. The highest BCUT2D eigenvalue weighted by Crippen LogP contribution is 2.47. The fourth-order valence-electron chi connectivity index (χ4n) is 4.60. The van der Waals surface area contributed by atoms with E-state index in [4.69, 9.17) is 4.74 Å². The molecular formula is C18H20N4O4S. The highest BCUT2D eigenvalue weighted by atomic mass is 32.2. The summed E-state index contributed by atoms with van der Waals surface area (Å²) in [4.78, 5) is 14.3. The fraction of sp³-hybridized carbons (Fsp3) is 0.444. The van der Waals surface area contributed by atoms with Gasteiger partial charge in [0.25, 0.3) is 0 Å². The summed E-state index contributed by atoms with van der Waals surface area (Å²) in [5.41, 5.74) is 0.567. The first-order valence-electron chi connectivity index (χ1n) is 9.00. The van der Waals surface area contributed by atoms with Crippen LogP contribution in [-0.4, -0.2) is 64.8 Å². The maximum atomic E-state index is 13.5. The Balaban J connectivity index is 1.56. The van der Waals surface area contributed by atoms with Gasteiger partial charge in [-0.3, -0.25) is 4.79 Å². The van der Waals surface area contributed by atoms with Crippen molar-refractivity contribution < 1.29 is 17.9 Å². The molecule has 0 N–H and O–H groups in total. The van der Waals surface area contributed by atoms with Gasteiger partial charge < -0.3 is 9.64 Å². The molecule has 2 atom stereocenters. The highest BCUT2D eigenvalue weighted by molar-refractivity contribution is 7.89. The number of carbonyl (C=O) groups excluding carboxylic acids is 1. The number of sulfonamides is 1. The van der Waals surface area contributed by atoms with Crippen molar-refractivity contribution in [3.63, 3.8) is 0 Å². The summed E-state index contributed by atoms with van der Waals surface area (Å²) in [6.07, 6.45) is 4.11. The van der Waals surface area contributed by atoms with E-state index < -0.39 is 21.8 Å².